The van der Waals surface area contributed by atoms with Crippen molar-refractivity contribution in [2.75, 3.05) is 0 Å². The molecule has 0 unspecified atom stereocenters. The molecular formula is C16H22OS. The monoisotopic (exact) mass is 262 g/mol. The summed E-state index contributed by atoms with van der Waals surface area (Å²) in [4.78, 5) is 13.0. The van der Waals surface area contributed by atoms with Crippen molar-refractivity contribution in [2.45, 2.75) is 50.3 Å². The number of rotatable bonds is 9. The summed E-state index contributed by atoms with van der Waals surface area (Å²) in [5.74, 6) is 0. The molecule has 2 heteroatoms. The van der Waals surface area contributed by atoms with E-state index in [1.165, 1.54) is 41.9 Å². The van der Waals surface area contributed by atoms with Crippen molar-refractivity contribution >= 4 is 18.0 Å². The molecule has 18 heavy (non-hydrogen) atoms. The third-order valence-corrected chi connectivity index (χ3v) is 3.88. The summed E-state index contributed by atoms with van der Waals surface area (Å²) in [6.07, 6.45) is 9.96. The predicted molar refractivity (Wildman–Crippen MR) is 79.8 cm³/mol. The van der Waals surface area contributed by atoms with Gasteiger partial charge in [0.1, 0.15) is 6.29 Å². The van der Waals surface area contributed by atoms with Crippen LogP contribution >= 0.6 is 11.8 Å². The number of carbonyl (C=O) groups excluding carboxylic acids is 1. The van der Waals surface area contributed by atoms with Gasteiger partial charge >= 0.3 is 0 Å². The summed E-state index contributed by atoms with van der Waals surface area (Å²) >= 11 is 1.71. The van der Waals surface area contributed by atoms with Gasteiger partial charge in [0.2, 0.25) is 0 Å². The normalized spacial score (nSPS) is 11.5. The second-order valence-electron chi connectivity index (χ2n) is 4.35. The molecule has 1 nitrogen and oxygen atoms in total. The number of hydrogen-bond donors (Lipinski definition) is 0. The lowest BCUT2D eigenvalue weighted by Gasteiger charge is -2.06. The highest BCUT2D eigenvalue weighted by molar-refractivity contribution is 8.03. The molecule has 1 aromatic rings. The first-order valence-corrected chi connectivity index (χ1v) is 7.55. The van der Waals surface area contributed by atoms with E-state index in [9.17, 15) is 4.79 Å². The summed E-state index contributed by atoms with van der Waals surface area (Å²) in [6.45, 7) is 2.23. The third kappa shape index (κ3) is 6.65. The predicted octanol–water partition coefficient (Wildman–Crippen LogP) is 5.22. The molecule has 0 aliphatic rings. The van der Waals surface area contributed by atoms with Gasteiger partial charge in [-0.1, -0.05) is 62.6 Å². The molecule has 0 amide bonds. The zero-order valence-corrected chi connectivity index (χ0v) is 11.9. The van der Waals surface area contributed by atoms with Crippen LogP contribution in [0.25, 0.3) is 0 Å². The van der Waals surface area contributed by atoms with Crippen molar-refractivity contribution in [2.24, 2.45) is 0 Å². The van der Waals surface area contributed by atoms with Crippen LogP contribution in [0.5, 0.6) is 0 Å². The summed E-state index contributed by atoms with van der Waals surface area (Å²) in [5.41, 5.74) is 0. The van der Waals surface area contributed by atoms with Crippen LogP contribution in [0.3, 0.4) is 0 Å². The molecule has 0 aliphatic carbocycles. The second kappa shape index (κ2) is 9.95. The van der Waals surface area contributed by atoms with Gasteiger partial charge in [-0.05, 0) is 36.0 Å². The van der Waals surface area contributed by atoms with Gasteiger partial charge in [0, 0.05) is 4.90 Å². The summed E-state index contributed by atoms with van der Waals surface area (Å²) in [5, 5.41) is 0. The number of hydrogen-bond acceptors (Lipinski definition) is 2. The lowest BCUT2D eigenvalue weighted by Crippen LogP contribution is -1.83. The van der Waals surface area contributed by atoms with Gasteiger partial charge in [0.25, 0.3) is 0 Å². The van der Waals surface area contributed by atoms with Crippen molar-refractivity contribution in [3.63, 3.8) is 0 Å². The summed E-state index contributed by atoms with van der Waals surface area (Å²) < 4.78 is 0. The zero-order valence-electron chi connectivity index (χ0n) is 11.1. The van der Waals surface area contributed by atoms with E-state index in [-0.39, 0.29) is 0 Å². The first kappa shape index (κ1) is 15.0. The van der Waals surface area contributed by atoms with Crippen LogP contribution in [-0.2, 0) is 4.79 Å². The Labute approximate surface area is 115 Å². The van der Waals surface area contributed by atoms with E-state index in [1.54, 1.807) is 17.8 Å². The number of aldehydes is 1. The fraction of sp³-hybridized carbons (Fsp3) is 0.438. The highest BCUT2D eigenvalue weighted by atomic mass is 32.2. The van der Waals surface area contributed by atoms with E-state index in [0.717, 1.165) is 12.7 Å². The van der Waals surface area contributed by atoms with Crippen LogP contribution in [0, 0.1) is 0 Å². The van der Waals surface area contributed by atoms with Crippen molar-refractivity contribution < 1.29 is 4.79 Å². The molecule has 0 radical (unpaired) electrons. The van der Waals surface area contributed by atoms with Gasteiger partial charge in [0.05, 0.1) is 0 Å². The lowest BCUT2D eigenvalue weighted by atomic mass is 10.1. The van der Waals surface area contributed by atoms with E-state index in [0.29, 0.717) is 0 Å². The van der Waals surface area contributed by atoms with Crippen molar-refractivity contribution in [1.29, 1.82) is 0 Å². The molecule has 1 aromatic carbocycles. The Morgan fingerprint density at radius 3 is 2.50 bits per heavy atom. The van der Waals surface area contributed by atoms with E-state index >= 15 is 0 Å². The van der Waals surface area contributed by atoms with E-state index < -0.39 is 0 Å². The van der Waals surface area contributed by atoms with E-state index in [4.69, 9.17) is 0 Å². The molecule has 0 bridgehead atoms. The van der Waals surface area contributed by atoms with Crippen molar-refractivity contribution in [1.82, 2.24) is 0 Å². The van der Waals surface area contributed by atoms with Crippen LogP contribution in [0.1, 0.15) is 45.4 Å². The Kier molecular flexibility index (Phi) is 8.32. The maximum absolute atomic E-state index is 10.7. The lowest BCUT2D eigenvalue weighted by molar-refractivity contribution is -0.104. The topological polar surface area (TPSA) is 17.1 Å². The second-order valence-corrected chi connectivity index (χ2v) is 5.55. The summed E-state index contributed by atoms with van der Waals surface area (Å²) in [6, 6.07) is 10.2. The first-order chi connectivity index (χ1) is 8.86. The van der Waals surface area contributed by atoms with Gasteiger partial charge in [0.15, 0.2) is 0 Å². The molecule has 0 heterocycles. The average molecular weight is 262 g/mol. The SMILES string of the molecule is CCCCCCC/C(=C/C=O)Sc1ccccc1. The van der Waals surface area contributed by atoms with Gasteiger partial charge in [-0.3, -0.25) is 4.79 Å². The Morgan fingerprint density at radius 2 is 1.83 bits per heavy atom. The number of carbonyl (C=O) groups is 1. The summed E-state index contributed by atoms with van der Waals surface area (Å²) in [7, 11) is 0. The largest absolute Gasteiger partial charge is 0.299 e. The van der Waals surface area contributed by atoms with Gasteiger partial charge in [-0.2, -0.15) is 0 Å². The highest BCUT2D eigenvalue weighted by Crippen LogP contribution is 2.29. The van der Waals surface area contributed by atoms with Crippen LogP contribution in [-0.4, -0.2) is 6.29 Å². The smallest absolute Gasteiger partial charge is 0.143 e. The standard InChI is InChI=1S/C16H22OS/c1-2-3-4-5-7-12-16(13-14-17)18-15-10-8-6-9-11-15/h6,8-11,13-14H,2-5,7,12H2,1H3/b16-13-. The molecule has 0 spiro atoms. The minimum Gasteiger partial charge on any atom is -0.299 e. The van der Waals surface area contributed by atoms with Gasteiger partial charge < -0.3 is 0 Å². The molecule has 0 saturated heterocycles. The fourth-order valence-corrected chi connectivity index (χ4v) is 2.75. The number of thioether (sulfide) groups is 1. The Hall–Kier alpha value is -1.02. The average Bonchev–Trinajstić information content (AvgIpc) is 2.40. The zero-order chi connectivity index (χ0) is 13.1. The number of unbranched alkanes of at least 4 members (excludes halogenated alkanes) is 4. The molecule has 0 saturated carbocycles. The Morgan fingerprint density at radius 1 is 1.11 bits per heavy atom. The molecular weight excluding hydrogens is 240 g/mol. The number of allylic oxidation sites excluding steroid dienone is 2. The molecule has 0 aromatic heterocycles. The molecule has 0 aliphatic heterocycles. The molecule has 98 valence electrons. The maximum Gasteiger partial charge on any atom is 0.143 e. The van der Waals surface area contributed by atoms with Crippen LogP contribution in [0.4, 0.5) is 0 Å². The number of benzene rings is 1. The fourth-order valence-electron chi connectivity index (χ4n) is 1.79. The molecule has 0 N–H and O–H groups in total. The van der Waals surface area contributed by atoms with Crippen LogP contribution < -0.4 is 0 Å². The molecule has 0 fully saturated rings. The quantitative estimate of drug-likeness (QED) is 0.262. The van der Waals surface area contributed by atoms with Crippen molar-refractivity contribution in [3.8, 4) is 0 Å². The maximum atomic E-state index is 10.7. The van der Waals surface area contributed by atoms with E-state index in [2.05, 4.69) is 19.1 Å². The minimum atomic E-state index is 0.900. The van der Waals surface area contributed by atoms with Gasteiger partial charge in [-0.15, -0.1) is 0 Å². The molecule has 0 atom stereocenters. The highest BCUT2D eigenvalue weighted by Gasteiger charge is 2.00. The molecule has 1 rings (SSSR count). The Bertz CT molecular complexity index is 357. The van der Waals surface area contributed by atoms with Crippen LogP contribution in [0.2, 0.25) is 0 Å². The first-order valence-electron chi connectivity index (χ1n) is 6.74. The van der Waals surface area contributed by atoms with Gasteiger partial charge in [-0.25, -0.2) is 0 Å². The van der Waals surface area contributed by atoms with E-state index in [1.807, 2.05) is 18.2 Å². The van der Waals surface area contributed by atoms with Crippen LogP contribution in [0.15, 0.2) is 46.2 Å². The minimum absolute atomic E-state index is 0.900. The third-order valence-electron chi connectivity index (χ3n) is 2.77. The Balaban J connectivity index is 2.36. The van der Waals surface area contributed by atoms with Crippen molar-refractivity contribution in [3.05, 3.63) is 41.3 Å².